The Morgan fingerprint density at radius 1 is 1.00 bits per heavy atom. The first-order chi connectivity index (χ1) is 5.42. The summed E-state index contributed by atoms with van der Waals surface area (Å²) >= 11 is 0. The van der Waals surface area contributed by atoms with Crippen LogP contribution in [0.5, 0.6) is 0 Å². The fourth-order valence-electron chi connectivity index (χ4n) is 3.99. The first-order valence-electron chi connectivity index (χ1n) is 5.02. The van der Waals surface area contributed by atoms with Crippen molar-refractivity contribution in [1.29, 1.82) is 0 Å². The van der Waals surface area contributed by atoms with Gasteiger partial charge in [-0.25, -0.2) is 0 Å². The SMILES string of the molecule is OCCC1C2CCC1C1CC21. The maximum absolute atomic E-state index is 8.89. The molecule has 1 N–H and O–H groups in total. The average Bonchev–Trinajstić information content (AvgIpc) is 2.67. The summed E-state index contributed by atoms with van der Waals surface area (Å²) in [6, 6.07) is 0. The lowest BCUT2D eigenvalue weighted by Gasteiger charge is -2.16. The van der Waals surface area contributed by atoms with Crippen molar-refractivity contribution >= 4 is 0 Å². The highest BCUT2D eigenvalue weighted by atomic mass is 16.3. The molecule has 0 heterocycles. The van der Waals surface area contributed by atoms with Crippen LogP contribution < -0.4 is 0 Å². The molecule has 3 saturated carbocycles. The summed E-state index contributed by atoms with van der Waals surface area (Å²) in [7, 11) is 0. The Morgan fingerprint density at radius 2 is 1.64 bits per heavy atom. The molecule has 0 amide bonds. The standard InChI is InChI=1S/C10H16O/c11-4-3-8-6-1-2-7(8)10-5-9(6)10/h6-11H,1-5H2. The lowest BCUT2D eigenvalue weighted by molar-refractivity contribution is 0.219. The van der Waals surface area contributed by atoms with Gasteiger partial charge in [-0.2, -0.15) is 0 Å². The third-order valence-corrected chi connectivity index (χ3v) is 4.39. The number of fused-ring (bicyclic) bond motifs is 5. The summed E-state index contributed by atoms with van der Waals surface area (Å²) in [5.74, 6) is 5.24. The molecule has 3 aliphatic carbocycles. The number of hydrogen-bond acceptors (Lipinski definition) is 1. The molecule has 3 fully saturated rings. The lowest BCUT2D eigenvalue weighted by Crippen LogP contribution is -2.12. The van der Waals surface area contributed by atoms with Gasteiger partial charge in [0.2, 0.25) is 0 Å². The van der Waals surface area contributed by atoms with Crippen molar-refractivity contribution < 1.29 is 5.11 Å². The van der Waals surface area contributed by atoms with E-state index in [2.05, 4.69) is 0 Å². The van der Waals surface area contributed by atoms with Gasteiger partial charge in [0.05, 0.1) is 0 Å². The van der Waals surface area contributed by atoms with E-state index in [9.17, 15) is 0 Å². The van der Waals surface area contributed by atoms with Crippen LogP contribution >= 0.6 is 0 Å². The van der Waals surface area contributed by atoms with E-state index < -0.39 is 0 Å². The summed E-state index contributed by atoms with van der Waals surface area (Å²) in [6.07, 6.45) is 5.60. The number of aliphatic hydroxyl groups is 1. The Morgan fingerprint density at radius 3 is 2.18 bits per heavy atom. The van der Waals surface area contributed by atoms with Crippen molar-refractivity contribution in [1.82, 2.24) is 0 Å². The van der Waals surface area contributed by atoms with Crippen LogP contribution in [-0.2, 0) is 0 Å². The van der Waals surface area contributed by atoms with E-state index in [1.165, 1.54) is 19.3 Å². The Balaban J connectivity index is 1.78. The minimum absolute atomic E-state index is 0.428. The number of rotatable bonds is 2. The van der Waals surface area contributed by atoms with Gasteiger partial charge in [-0.3, -0.25) is 0 Å². The van der Waals surface area contributed by atoms with Gasteiger partial charge in [-0.05, 0) is 55.3 Å². The van der Waals surface area contributed by atoms with Crippen LogP contribution in [-0.4, -0.2) is 11.7 Å². The minimum atomic E-state index is 0.428. The van der Waals surface area contributed by atoms with Crippen LogP contribution in [0.3, 0.4) is 0 Å². The van der Waals surface area contributed by atoms with Gasteiger partial charge >= 0.3 is 0 Å². The topological polar surface area (TPSA) is 20.2 Å². The molecule has 1 heteroatoms. The van der Waals surface area contributed by atoms with Crippen LogP contribution in [0.15, 0.2) is 0 Å². The fraction of sp³-hybridized carbons (Fsp3) is 1.00. The third-order valence-electron chi connectivity index (χ3n) is 4.39. The molecule has 0 radical (unpaired) electrons. The van der Waals surface area contributed by atoms with Gasteiger partial charge in [0.15, 0.2) is 0 Å². The van der Waals surface area contributed by atoms with E-state index in [4.69, 9.17) is 5.11 Å². The van der Waals surface area contributed by atoms with Crippen molar-refractivity contribution in [3.05, 3.63) is 0 Å². The van der Waals surface area contributed by atoms with Gasteiger partial charge in [0, 0.05) is 6.61 Å². The maximum Gasteiger partial charge on any atom is 0.0433 e. The first-order valence-corrected chi connectivity index (χ1v) is 5.02. The molecule has 3 aliphatic rings. The quantitative estimate of drug-likeness (QED) is 0.638. The normalized spacial score (nSPS) is 58.1. The Kier molecular flexibility index (Phi) is 1.18. The van der Waals surface area contributed by atoms with E-state index in [-0.39, 0.29) is 0 Å². The van der Waals surface area contributed by atoms with Gasteiger partial charge in [0.1, 0.15) is 0 Å². The molecule has 0 aromatic rings. The van der Waals surface area contributed by atoms with Crippen LogP contribution in [0, 0.1) is 29.6 Å². The first kappa shape index (κ1) is 6.47. The molecular weight excluding hydrogens is 136 g/mol. The van der Waals surface area contributed by atoms with E-state index in [0.717, 1.165) is 36.0 Å². The average molecular weight is 152 g/mol. The molecule has 0 aliphatic heterocycles. The molecule has 62 valence electrons. The van der Waals surface area contributed by atoms with Crippen LogP contribution in [0.25, 0.3) is 0 Å². The molecule has 0 aromatic carbocycles. The highest BCUT2D eigenvalue weighted by Gasteiger charge is 2.61. The van der Waals surface area contributed by atoms with Crippen molar-refractivity contribution in [2.75, 3.05) is 6.61 Å². The highest BCUT2D eigenvalue weighted by Crippen LogP contribution is 2.68. The Bertz CT molecular complexity index is 162. The molecule has 0 aromatic heterocycles. The van der Waals surface area contributed by atoms with Crippen LogP contribution in [0.4, 0.5) is 0 Å². The summed E-state index contributed by atoms with van der Waals surface area (Å²) in [6.45, 7) is 0.428. The van der Waals surface area contributed by atoms with E-state index in [1.807, 2.05) is 0 Å². The second-order valence-corrected chi connectivity index (χ2v) is 4.64. The zero-order valence-electron chi connectivity index (χ0n) is 6.87. The second kappa shape index (κ2) is 2.01. The van der Waals surface area contributed by atoms with Crippen molar-refractivity contribution in [2.24, 2.45) is 29.6 Å². The molecule has 4 unspecified atom stereocenters. The Hall–Kier alpha value is -0.0400. The maximum atomic E-state index is 8.89. The molecular formula is C10H16O. The minimum Gasteiger partial charge on any atom is -0.396 e. The van der Waals surface area contributed by atoms with E-state index in [0.29, 0.717) is 6.61 Å². The molecule has 3 rings (SSSR count). The van der Waals surface area contributed by atoms with Gasteiger partial charge in [0.25, 0.3) is 0 Å². The largest absolute Gasteiger partial charge is 0.396 e. The molecule has 0 spiro atoms. The molecule has 2 bridgehead atoms. The summed E-state index contributed by atoms with van der Waals surface area (Å²) < 4.78 is 0. The summed E-state index contributed by atoms with van der Waals surface area (Å²) in [5.41, 5.74) is 0. The smallest absolute Gasteiger partial charge is 0.0433 e. The highest BCUT2D eigenvalue weighted by molar-refractivity contribution is 5.10. The molecule has 1 nitrogen and oxygen atoms in total. The Labute approximate surface area is 67.8 Å². The lowest BCUT2D eigenvalue weighted by atomic mass is 9.89. The predicted molar refractivity (Wildman–Crippen MR) is 43.0 cm³/mol. The monoisotopic (exact) mass is 152 g/mol. The summed E-state index contributed by atoms with van der Waals surface area (Å²) in [4.78, 5) is 0. The molecule has 11 heavy (non-hydrogen) atoms. The summed E-state index contributed by atoms with van der Waals surface area (Å²) in [5, 5.41) is 8.89. The van der Waals surface area contributed by atoms with Crippen molar-refractivity contribution in [3.8, 4) is 0 Å². The van der Waals surface area contributed by atoms with Gasteiger partial charge in [-0.1, -0.05) is 0 Å². The molecule has 4 atom stereocenters. The van der Waals surface area contributed by atoms with Crippen LogP contribution in [0.1, 0.15) is 25.7 Å². The van der Waals surface area contributed by atoms with Crippen LogP contribution in [0.2, 0.25) is 0 Å². The zero-order chi connectivity index (χ0) is 7.42. The predicted octanol–water partition coefficient (Wildman–Crippen LogP) is 1.66. The third kappa shape index (κ3) is 0.703. The second-order valence-electron chi connectivity index (χ2n) is 4.64. The van der Waals surface area contributed by atoms with Gasteiger partial charge < -0.3 is 5.11 Å². The van der Waals surface area contributed by atoms with Crippen molar-refractivity contribution in [3.63, 3.8) is 0 Å². The van der Waals surface area contributed by atoms with Crippen molar-refractivity contribution in [2.45, 2.75) is 25.7 Å². The fourth-order valence-corrected chi connectivity index (χ4v) is 3.99. The zero-order valence-corrected chi connectivity index (χ0v) is 6.87. The number of hydrogen-bond donors (Lipinski definition) is 1. The van der Waals surface area contributed by atoms with E-state index in [1.54, 1.807) is 0 Å². The molecule has 0 saturated heterocycles. The van der Waals surface area contributed by atoms with E-state index >= 15 is 0 Å². The number of aliphatic hydroxyl groups excluding tert-OH is 1. The van der Waals surface area contributed by atoms with Gasteiger partial charge in [-0.15, -0.1) is 0 Å².